The number of carbonyl (C=O) groups excluding carboxylic acids is 2. The molecule has 0 saturated heterocycles. The van der Waals surface area contributed by atoms with E-state index in [1.807, 2.05) is 43.3 Å². The van der Waals surface area contributed by atoms with E-state index < -0.39 is 28.5 Å². The van der Waals surface area contributed by atoms with Crippen molar-refractivity contribution in [2.75, 3.05) is 30.8 Å². The van der Waals surface area contributed by atoms with Crippen molar-refractivity contribution in [2.24, 2.45) is 0 Å². The number of amides is 2. The Labute approximate surface area is 232 Å². The van der Waals surface area contributed by atoms with Crippen molar-refractivity contribution >= 4 is 43.5 Å². The van der Waals surface area contributed by atoms with Crippen molar-refractivity contribution in [3.8, 4) is 5.75 Å². The van der Waals surface area contributed by atoms with E-state index in [0.29, 0.717) is 18.0 Å². The average molecular weight is 603 g/mol. The van der Waals surface area contributed by atoms with E-state index in [1.54, 1.807) is 49.6 Å². The molecule has 202 valence electrons. The molecule has 2 amide bonds. The van der Waals surface area contributed by atoms with Crippen LogP contribution in [-0.4, -0.2) is 57.6 Å². The first kappa shape index (κ1) is 29.2. The molecule has 0 aliphatic carbocycles. The third kappa shape index (κ3) is 8.06. The van der Waals surface area contributed by atoms with Crippen molar-refractivity contribution < 1.29 is 22.7 Å². The van der Waals surface area contributed by atoms with Crippen LogP contribution in [0.4, 0.5) is 5.69 Å². The maximum Gasteiger partial charge on any atom is 0.244 e. The minimum absolute atomic E-state index is 0.0859. The highest BCUT2D eigenvalue weighted by atomic mass is 79.9. The van der Waals surface area contributed by atoms with Gasteiger partial charge in [-0.1, -0.05) is 58.4 Å². The summed E-state index contributed by atoms with van der Waals surface area (Å²) in [5, 5.41) is 2.84. The Kier molecular flexibility index (Phi) is 10.3. The van der Waals surface area contributed by atoms with Gasteiger partial charge in [0.15, 0.2) is 0 Å². The van der Waals surface area contributed by atoms with Gasteiger partial charge in [0.05, 0.1) is 19.1 Å². The Morgan fingerprint density at radius 2 is 1.63 bits per heavy atom. The van der Waals surface area contributed by atoms with Gasteiger partial charge in [0.1, 0.15) is 18.3 Å². The first-order chi connectivity index (χ1) is 18.1. The van der Waals surface area contributed by atoms with E-state index in [9.17, 15) is 18.0 Å². The lowest BCUT2D eigenvalue weighted by molar-refractivity contribution is -0.140. The van der Waals surface area contributed by atoms with Gasteiger partial charge in [0, 0.05) is 24.0 Å². The molecule has 0 fully saturated rings. The first-order valence-electron chi connectivity index (χ1n) is 12.1. The number of nitrogens with one attached hydrogen (secondary N) is 1. The van der Waals surface area contributed by atoms with Crippen molar-refractivity contribution in [3.63, 3.8) is 0 Å². The molecule has 1 atom stereocenters. The van der Waals surface area contributed by atoms with E-state index >= 15 is 0 Å². The second-order valence-electron chi connectivity index (χ2n) is 8.72. The molecule has 1 N–H and O–H groups in total. The molecule has 0 aromatic heterocycles. The predicted octanol–water partition coefficient (Wildman–Crippen LogP) is 4.00. The lowest BCUT2D eigenvalue weighted by Crippen LogP contribution is -2.53. The number of halogens is 1. The number of hydrogen-bond donors (Lipinski definition) is 1. The third-order valence-corrected chi connectivity index (χ3v) is 7.57. The molecule has 38 heavy (non-hydrogen) atoms. The van der Waals surface area contributed by atoms with E-state index in [4.69, 9.17) is 4.74 Å². The van der Waals surface area contributed by atoms with Crippen LogP contribution in [0.25, 0.3) is 0 Å². The Balaban J connectivity index is 2.04. The summed E-state index contributed by atoms with van der Waals surface area (Å²) in [6, 6.07) is 22.4. The molecule has 10 heteroatoms. The van der Waals surface area contributed by atoms with Crippen LogP contribution < -0.4 is 14.4 Å². The highest BCUT2D eigenvalue weighted by Gasteiger charge is 2.32. The largest absolute Gasteiger partial charge is 0.497 e. The summed E-state index contributed by atoms with van der Waals surface area (Å²) in [6.45, 7) is 1.82. The van der Waals surface area contributed by atoms with Gasteiger partial charge in [-0.05, 0) is 54.4 Å². The molecule has 3 rings (SSSR count). The van der Waals surface area contributed by atoms with Gasteiger partial charge in [-0.2, -0.15) is 0 Å². The number of nitrogens with zero attached hydrogens (tertiary/aromatic N) is 2. The molecule has 3 aromatic carbocycles. The Morgan fingerprint density at radius 3 is 2.24 bits per heavy atom. The molecule has 0 aliphatic rings. The molecule has 3 aromatic rings. The van der Waals surface area contributed by atoms with Crippen LogP contribution in [0.5, 0.6) is 5.75 Å². The maximum atomic E-state index is 13.9. The van der Waals surface area contributed by atoms with Gasteiger partial charge in [-0.25, -0.2) is 8.42 Å². The van der Waals surface area contributed by atoms with Gasteiger partial charge in [-0.3, -0.25) is 13.9 Å². The summed E-state index contributed by atoms with van der Waals surface area (Å²) in [6.07, 6.45) is 1.32. The van der Waals surface area contributed by atoms with Crippen molar-refractivity contribution in [1.82, 2.24) is 10.2 Å². The maximum absolute atomic E-state index is 13.9. The number of ether oxygens (including phenoxy) is 1. The third-order valence-electron chi connectivity index (χ3n) is 5.90. The van der Waals surface area contributed by atoms with Gasteiger partial charge in [-0.15, -0.1) is 0 Å². The molecule has 0 aliphatic heterocycles. The number of anilines is 1. The summed E-state index contributed by atoms with van der Waals surface area (Å²) in [4.78, 5) is 28.7. The summed E-state index contributed by atoms with van der Waals surface area (Å²) in [5.74, 6) is -0.212. The molecule has 0 bridgehead atoms. The van der Waals surface area contributed by atoms with Crippen LogP contribution in [-0.2, 0) is 32.6 Å². The van der Waals surface area contributed by atoms with Crippen LogP contribution in [0.3, 0.4) is 0 Å². The Morgan fingerprint density at radius 1 is 0.974 bits per heavy atom. The lowest BCUT2D eigenvalue weighted by atomic mass is 10.0. The van der Waals surface area contributed by atoms with Gasteiger partial charge in [0.25, 0.3) is 0 Å². The monoisotopic (exact) mass is 601 g/mol. The minimum atomic E-state index is -3.81. The zero-order valence-electron chi connectivity index (χ0n) is 21.6. The molecule has 0 radical (unpaired) electrons. The normalized spacial score (nSPS) is 11.9. The number of benzene rings is 3. The van der Waals surface area contributed by atoms with E-state index in [0.717, 1.165) is 26.2 Å². The molecule has 0 spiro atoms. The van der Waals surface area contributed by atoms with Crippen LogP contribution in [0.1, 0.15) is 18.1 Å². The Bertz CT molecular complexity index is 1330. The van der Waals surface area contributed by atoms with E-state index in [2.05, 4.69) is 21.2 Å². The molecular formula is C28H32BrN3O5S. The SMILES string of the molecule is CCNC(=O)[C@@H](Cc1ccccc1)N(Cc1cccc(OC)c1)C(=O)CN(c1ccc(Br)cc1)S(C)(=O)=O. The van der Waals surface area contributed by atoms with Gasteiger partial charge in [0.2, 0.25) is 21.8 Å². The number of methoxy groups -OCH3 is 1. The second kappa shape index (κ2) is 13.4. The highest BCUT2D eigenvalue weighted by molar-refractivity contribution is 9.10. The average Bonchev–Trinajstić information content (AvgIpc) is 2.90. The number of likely N-dealkylation sites (N-methyl/N-ethyl adjacent to an activating group) is 1. The van der Waals surface area contributed by atoms with Crippen LogP contribution in [0.2, 0.25) is 0 Å². The number of carbonyl (C=O) groups is 2. The van der Waals surface area contributed by atoms with Crippen molar-refractivity contribution in [2.45, 2.75) is 25.9 Å². The smallest absolute Gasteiger partial charge is 0.244 e. The fraction of sp³-hybridized carbons (Fsp3) is 0.286. The topological polar surface area (TPSA) is 96.0 Å². The summed E-state index contributed by atoms with van der Waals surface area (Å²) >= 11 is 3.35. The zero-order valence-corrected chi connectivity index (χ0v) is 24.0. The number of hydrogen-bond acceptors (Lipinski definition) is 5. The zero-order chi connectivity index (χ0) is 27.7. The molecule has 0 unspecified atom stereocenters. The summed E-state index contributed by atoms with van der Waals surface area (Å²) in [7, 11) is -2.26. The standard InChI is InChI=1S/C28H32BrN3O5S/c1-4-30-28(34)26(18-21-9-6-5-7-10-21)31(19-22-11-8-12-25(17-22)37-2)27(33)20-32(38(3,35)36)24-15-13-23(29)14-16-24/h5-17,26H,4,18-20H2,1-3H3,(H,30,34)/t26-/m1/s1. The molecular weight excluding hydrogens is 570 g/mol. The molecule has 0 saturated carbocycles. The van der Waals surface area contributed by atoms with E-state index in [1.165, 1.54) is 4.90 Å². The van der Waals surface area contributed by atoms with Crippen LogP contribution >= 0.6 is 15.9 Å². The van der Waals surface area contributed by atoms with Crippen LogP contribution in [0.15, 0.2) is 83.3 Å². The predicted molar refractivity (Wildman–Crippen MR) is 152 cm³/mol. The van der Waals surface area contributed by atoms with Gasteiger partial charge >= 0.3 is 0 Å². The van der Waals surface area contributed by atoms with Crippen molar-refractivity contribution in [3.05, 3.63) is 94.5 Å². The lowest BCUT2D eigenvalue weighted by Gasteiger charge is -2.33. The summed E-state index contributed by atoms with van der Waals surface area (Å²) < 4.78 is 32.7. The first-order valence-corrected chi connectivity index (χ1v) is 14.7. The van der Waals surface area contributed by atoms with Crippen molar-refractivity contribution in [1.29, 1.82) is 0 Å². The minimum Gasteiger partial charge on any atom is -0.497 e. The summed E-state index contributed by atoms with van der Waals surface area (Å²) in [5.41, 5.74) is 1.97. The van der Waals surface area contributed by atoms with Gasteiger partial charge < -0.3 is 15.0 Å². The molecule has 8 nitrogen and oxygen atoms in total. The Hall–Kier alpha value is -3.37. The fourth-order valence-corrected chi connectivity index (χ4v) is 5.15. The van der Waals surface area contributed by atoms with Crippen LogP contribution in [0, 0.1) is 0 Å². The van der Waals surface area contributed by atoms with E-state index in [-0.39, 0.29) is 18.9 Å². The quantitative estimate of drug-likeness (QED) is 0.338. The number of sulfonamides is 1. The second-order valence-corrected chi connectivity index (χ2v) is 11.5. The highest BCUT2D eigenvalue weighted by Crippen LogP contribution is 2.23. The molecule has 0 heterocycles. The number of rotatable bonds is 12. The fourth-order valence-electron chi connectivity index (χ4n) is 4.03.